The summed E-state index contributed by atoms with van der Waals surface area (Å²) < 4.78 is 15.1. The van der Waals surface area contributed by atoms with Crippen LogP contribution in [0, 0.1) is 5.82 Å². The van der Waals surface area contributed by atoms with Crippen LogP contribution in [-0.2, 0) is 0 Å². The molecule has 0 aliphatic rings. The van der Waals surface area contributed by atoms with Gasteiger partial charge in [0.25, 0.3) is 5.56 Å². The van der Waals surface area contributed by atoms with Crippen molar-refractivity contribution in [1.82, 2.24) is 14.9 Å². The Balaban J connectivity index is 2.20. The Bertz CT molecular complexity index is 986. The summed E-state index contributed by atoms with van der Waals surface area (Å²) in [5.74, 6) is 0.0559. The second kappa shape index (κ2) is 7.98. The Morgan fingerprint density at radius 2 is 2.04 bits per heavy atom. The van der Waals surface area contributed by atoms with Crippen molar-refractivity contribution in [2.24, 2.45) is 0 Å². The quantitative estimate of drug-likeness (QED) is 0.641. The molecule has 0 radical (unpaired) electrons. The summed E-state index contributed by atoms with van der Waals surface area (Å²) in [7, 11) is 0. The van der Waals surface area contributed by atoms with Crippen molar-refractivity contribution in [2.75, 3.05) is 6.54 Å². The Labute approximate surface area is 156 Å². The fourth-order valence-corrected chi connectivity index (χ4v) is 3.08. The number of halogens is 2. The van der Waals surface area contributed by atoms with E-state index >= 15 is 0 Å². The van der Waals surface area contributed by atoms with E-state index in [1.165, 1.54) is 16.7 Å². The molecule has 1 aromatic heterocycles. The lowest BCUT2D eigenvalue weighted by Crippen LogP contribution is -2.30. The van der Waals surface area contributed by atoms with Crippen LogP contribution in [-0.4, -0.2) is 16.1 Å². The number of hydrogen-bond acceptors (Lipinski definition) is 3. The van der Waals surface area contributed by atoms with E-state index in [9.17, 15) is 9.18 Å². The molecule has 3 aromatic rings. The van der Waals surface area contributed by atoms with Crippen LogP contribution in [0.5, 0.6) is 0 Å². The van der Waals surface area contributed by atoms with E-state index in [4.69, 9.17) is 16.6 Å². The molecule has 1 unspecified atom stereocenters. The lowest BCUT2D eigenvalue weighted by molar-refractivity contribution is 0.520. The number of nitrogens with one attached hydrogen (secondary N) is 1. The summed E-state index contributed by atoms with van der Waals surface area (Å²) in [6.07, 6.45) is 2.11. The molecular weight excluding hydrogens is 353 g/mol. The van der Waals surface area contributed by atoms with Gasteiger partial charge < -0.3 is 5.32 Å². The summed E-state index contributed by atoms with van der Waals surface area (Å²) >= 11 is 5.94. The van der Waals surface area contributed by atoms with E-state index in [0.717, 1.165) is 19.4 Å². The Kier molecular flexibility index (Phi) is 5.69. The van der Waals surface area contributed by atoms with Crippen LogP contribution in [0.2, 0.25) is 5.02 Å². The van der Waals surface area contributed by atoms with E-state index in [0.29, 0.717) is 22.4 Å². The van der Waals surface area contributed by atoms with Crippen molar-refractivity contribution in [3.8, 4) is 5.69 Å². The molecule has 0 spiro atoms. The average Bonchev–Trinajstić information content (AvgIpc) is 2.64. The SMILES string of the molecule is CCCCNC(C)c1nc2ccccc2c(=O)n1-c1ccc(F)c(Cl)c1. The van der Waals surface area contributed by atoms with Gasteiger partial charge in [-0.15, -0.1) is 0 Å². The van der Waals surface area contributed by atoms with Gasteiger partial charge in [0.05, 0.1) is 27.7 Å². The van der Waals surface area contributed by atoms with Gasteiger partial charge in [-0.1, -0.05) is 37.1 Å². The molecule has 4 nitrogen and oxygen atoms in total. The molecule has 2 aromatic carbocycles. The molecule has 1 atom stereocenters. The number of fused-ring (bicyclic) bond motifs is 1. The number of nitrogens with zero attached hydrogens (tertiary/aromatic N) is 2. The largest absolute Gasteiger partial charge is 0.308 e. The average molecular weight is 374 g/mol. The molecular formula is C20H21ClFN3O. The van der Waals surface area contributed by atoms with Crippen LogP contribution < -0.4 is 10.9 Å². The molecule has 0 bridgehead atoms. The van der Waals surface area contributed by atoms with Crippen LogP contribution in [0.3, 0.4) is 0 Å². The second-order valence-corrected chi connectivity index (χ2v) is 6.66. The zero-order chi connectivity index (χ0) is 18.7. The predicted octanol–water partition coefficient (Wildman–Crippen LogP) is 4.63. The molecule has 0 amide bonds. The lowest BCUT2D eigenvalue weighted by atomic mass is 10.2. The van der Waals surface area contributed by atoms with Crippen molar-refractivity contribution < 1.29 is 4.39 Å². The highest BCUT2D eigenvalue weighted by molar-refractivity contribution is 6.30. The van der Waals surface area contributed by atoms with Gasteiger partial charge in [-0.05, 0) is 50.2 Å². The second-order valence-electron chi connectivity index (χ2n) is 6.26. The molecule has 26 heavy (non-hydrogen) atoms. The van der Waals surface area contributed by atoms with Crippen LogP contribution in [0.4, 0.5) is 4.39 Å². The molecule has 0 aliphatic carbocycles. The molecule has 0 saturated carbocycles. The predicted molar refractivity (Wildman–Crippen MR) is 104 cm³/mol. The van der Waals surface area contributed by atoms with Gasteiger partial charge in [0.1, 0.15) is 11.6 Å². The Morgan fingerprint density at radius 1 is 1.27 bits per heavy atom. The lowest BCUT2D eigenvalue weighted by Gasteiger charge is -2.20. The van der Waals surface area contributed by atoms with Gasteiger partial charge in [0.15, 0.2) is 0 Å². The van der Waals surface area contributed by atoms with Gasteiger partial charge >= 0.3 is 0 Å². The summed E-state index contributed by atoms with van der Waals surface area (Å²) in [6.45, 7) is 4.91. The summed E-state index contributed by atoms with van der Waals surface area (Å²) in [6, 6.07) is 11.3. The van der Waals surface area contributed by atoms with E-state index in [1.54, 1.807) is 18.2 Å². The van der Waals surface area contributed by atoms with Crippen LogP contribution in [0.1, 0.15) is 38.6 Å². The first-order valence-corrected chi connectivity index (χ1v) is 9.11. The third-order valence-electron chi connectivity index (χ3n) is 4.33. The fraction of sp³-hybridized carbons (Fsp3) is 0.300. The van der Waals surface area contributed by atoms with Gasteiger partial charge in [0.2, 0.25) is 0 Å². The monoisotopic (exact) mass is 373 g/mol. The summed E-state index contributed by atoms with van der Waals surface area (Å²) in [4.78, 5) is 17.8. The van der Waals surface area contributed by atoms with E-state index in [2.05, 4.69) is 12.2 Å². The first kappa shape index (κ1) is 18.5. The molecule has 0 saturated heterocycles. The summed E-state index contributed by atoms with van der Waals surface area (Å²) in [5, 5.41) is 3.88. The van der Waals surface area contributed by atoms with Crippen LogP contribution in [0.25, 0.3) is 16.6 Å². The zero-order valence-electron chi connectivity index (χ0n) is 14.8. The number of unbranched alkanes of at least 4 members (excludes halogenated alkanes) is 1. The molecule has 0 fully saturated rings. The molecule has 6 heteroatoms. The first-order valence-electron chi connectivity index (χ1n) is 8.73. The normalized spacial score (nSPS) is 12.5. The topological polar surface area (TPSA) is 46.9 Å². The highest BCUT2D eigenvalue weighted by Gasteiger charge is 2.18. The number of hydrogen-bond donors (Lipinski definition) is 1. The Hall–Kier alpha value is -2.24. The minimum atomic E-state index is -0.520. The van der Waals surface area contributed by atoms with Crippen LogP contribution >= 0.6 is 11.6 Å². The highest BCUT2D eigenvalue weighted by atomic mass is 35.5. The van der Waals surface area contributed by atoms with Gasteiger partial charge in [0, 0.05) is 0 Å². The molecule has 1 heterocycles. The molecule has 3 rings (SSSR count). The summed E-state index contributed by atoms with van der Waals surface area (Å²) in [5.41, 5.74) is 0.942. The zero-order valence-corrected chi connectivity index (χ0v) is 15.6. The smallest absolute Gasteiger partial charge is 0.266 e. The van der Waals surface area contributed by atoms with Gasteiger partial charge in [-0.2, -0.15) is 0 Å². The van der Waals surface area contributed by atoms with Gasteiger partial charge in [-0.3, -0.25) is 9.36 Å². The number of benzene rings is 2. The first-order chi connectivity index (χ1) is 12.5. The van der Waals surface area contributed by atoms with Crippen molar-refractivity contribution in [2.45, 2.75) is 32.7 Å². The third-order valence-corrected chi connectivity index (χ3v) is 4.62. The molecule has 0 aliphatic heterocycles. The highest BCUT2D eigenvalue weighted by Crippen LogP contribution is 2.22. The third kappa shape index (κ3) is 3.64. The minimum Gasteiger partial charge on any atom is -0.308 e. The van der Waals surface area contributed by atoms with E-state index in [-0.39, 0.29) is 16.6 Å². The maximum Gasteiger partial charge on any atom is 0.266 e. The molecule has 136 valence electrons. The van der Waals surface area contributed by atoms with E-state index < -0.39 is 5.82 Å². The maximum absolute atomic E-state index is 13.6. The minimum absolute atomic E-state index is 0.0277. The Morgan fingerprint density at radius 3 is 2.77 bits per heavy atom. The van der Waals surface area contributed by atoms with Crippen LogP contribution in [0.15, 0.2) is 47.3 Å². The van der Waals surface area contributed by atoms with Gasteiger partial charge in [-0.25, -0.2) is 9.37 Å². The number of para-hydroxylation sites is 1. The van der Waals surface area contributed by atoms with Crippen molar-refractivity contribution in [1.29, 1.82) is 0 Å². The number of rotatable bonds is 6. The standard InChI is InChI=1S/C20H21ClFN3O/c1-3-4-11-23-13(2)19-24-18-8-6-5-7-15(18)20(26)25(19)14-9-10-17(22)16(21)12-14/h5-10,12-13,23H,3-4,11H2,1-2H3. The number of aromatic nitrogens is 2. The maximum atomic E-state index is 13.6. The van der Waals surface area contributed by atoms with E-state index in [1.807, 2.05) is 19.1 Å². The molecule has 1 N–H and O–H groups in total. The van der Waals surface area contributed by atoms with Crippen molar-refractivity contribution >= 4 is 22.5 Å². The van der Waals surface area contributed by atoms with Crippen molar-refractivity contribution in [3.05, 3.63) is 69.5 Å². The fourth-order valence-electron chi connectivity index (χ4n) is 2.90. The van der Waals surface area contributed by atoms with Crippen molar-refractivity contribution in [3.63, 3.8) is 0 Å².